The lowest BCUT2D eigenvalue weighted by atomic mass is 10.1. The van der Waals surface area contributed by atoms with Crippen LogP contribution in [-0.4, -0.2) is 25.1 Å². The minimum atomic E-state index is -0.0501. The van der Waals surface area contributed by atoms with E-state index < -0.39 is 0 Å². The van der Waals surface area contributed by atoms with Crippen LogP contribution < -0.4 is 14.4 Å². The van der Waals surface area contributed by atoms with Crippen LogP contribution in [0.1, 0.15) is 15.9 Å². The Balaban J connectivity index is 2.08. The topological polar surface area (TPSA) is 51.7 Å². The van der Waals surface area contributed by atoms with Gasteiger partial charge in [0.05, 0.1) is 20.8 Å². The smallest absolute Gasteiger partial charge is 0.260 e. The van der Waals surface area contributed by atoms with E-state index in [1.165, 1.54) is 11.3 Å². The molecule has 5 nitrogen and oxygen atoms in total. The number of benzene rings is 1. The summed E-state index contributed by atoms with van der Waals surface area (Å²) in [4.78, 5) is 18.2. The molecule has 0 saturated carbocycles. The molecule has 19 heavy (non-hydrogen) atoms. The number of thiazole rings is 1. The third kappa shape index (κ3) is 1.76. The van der Waals surface area contributed by atoms with Crippen molar-refractivity contribution >= 4 is 22.4 Å². The van der Waals surface area contributed by atoms with Gasteiger partial charge >= 0.3 is 0 Å². The number of hydrogen-bond acceptors (Lipinski definition) is 5. The molecule has 1 aliphatic rings. The van der Waals surface area contributed by atoms with Crippen molar-refractivity contribution in [2.45, 2.75) is 6.54 Å². The number of fused-ring (bicyclic) bond motifs is 1. The third-order valence-corrected chi connectivity index (χ3v) is 3.88. The lowest BCUT2D eigenvalue weighted by Crippen LogP contribution is -2.22. The monoisotopic (exact) mass is 276 g/mol. The van der Waals surface area contributed by atoms with Crippen LogP contribution in [0.3, 0.4) is 0 Å². The van der Waals surface area contributed by atoms with Gasteiger partial charge in [0.15, 0.2) is 16.6 Å². The van der Waals surface area contributed by atoms with Crippen LogP contribution >= 0.6 is 11.3 Å². The van der Waals surface area contributed by atoms with Crippen LogP contribution in [0.15, 0.2) is 23.7 Å². The second-order valence-corrected chi connectivity index (χ2v) is 4.91. The predicted molar refractivity (Wildman–Crippen MR) is 72.2 cm³/mol. The zero-order chi connectivity index (χ0) is 13.4. The van der Waals surface area contributed by atoms with Crippen LogP contribution in [0.4, 0.5) is 5.13 Å². The third-order valence-electron chi connectivity index (χ3n) is 3.09. The molecular weight excluding hydrogens is 264 g/mol. The Labute approximate surface area is 114 Å². The maximum atomic E-state index is 12.4. The Morgan fingerprint density at radius 3 is 2.79 bits per heavy atom. The predicted octanol–water partition coefficient (Wildman–Crippen LogP) is 2.32. The molecule has 0 N–H and O–H groups in total. The van der Waals surface area contributed by atoms with Crippen molar-refractivity contribution in [1.82, 2.24) is 4.98 Å². The quantitative estimate of drug-likeness (QED) is 0.863. The molecule has 3 rings (SSSR count). The highest BCUT2D eigenvalue weighted by Gasteiger charge is 2.33. The summed E-state index contributed by atoms with van der Waals surface area (Å²) < 4.78 is 10.6. The summed E-state index contributed by atoms with van der Waals surface area (Å²) in [6.45, 7) is 0.460. The average Bonchev–Trinajstić information content (AvgIpc) is 3.05. The van der Waals surface area contributed by atoms with Crippen molar-refractivity contribution in [3.63, 3.8) is 0 Å². The number of rotatable bonds is 3. The SMILES string of the molecule is COc1ccc2c(c1OC)CN(c1nccs1)C2=O. The second-order valence-electron chi connectivity index (χ2n) is 4.03. The Morgan fingerprint density at radius 2 is 2.16 bits per heavy atom. The van der Waals surface area contributed by atoms with Crippen LogP contribution in [0, 0.1) is 0 Å². The standard InChI is InChI=1S/C13H12N2O3S/c1-17-10-4-3-8-9(11(10)18-2)7-15(12(8)16)13-14-5-6-19-13/h3-6H,7H2,1-2H3. The molecule has 1 aromatic heterocycles. The molecular formula is C13H12N2O3S. The fraction of sp³-hybridized carbons (Fsp3) is 0.231. The number of hydrogen-bond donors (Lipinski definition) is 0. The summed E-state index contributed by atoms with van der Waals surface area (Å²) in [6.07, 6.45) is 1.69. The van der Waals surface area contributed by atoms with E-state index in [0.29, 0.717) is 28.7 Å². The number of methoxy groups -OCH3 is 2. The normalized spacial score (nSPS) is 13.6. The molecule has 0 spiro atoms. The number of nitrogens with zero attached hydrogens (tertiary/aromatic N) is 2. The van der Waals surface area contributed by atoms with Gasteiger partial charge in [-0.25, -0.2) is 4.98 Å². The van der Waals surface area contributed by atoms with Gasteiger partial charge in [-0.1, -0.05) is 0 Å². The maximum Gasteiger partial charge on any atom is 0.260 e. The highest BCUT2D eigenvalue weighted by molar-refractivity contribution is 7.13. The van der Waals surface area contributed by atoms with Gasteiger partial charge in [-0.05, 0) is 12.1 Å². The Hall–Kier alpha value is -2.08. The van der Waals surface area contributed by atoms with Gasteiger partial charge in [0.25, 0.3) is 5.91 Å². The van der Waals surface area contributed by atoms with Gasteiger partial charge in [0.2, 0.25) is 0 Å². The number of carbonyl (C=O) groups excluding carboxylic acids is 1. The number of carbonyl (C=O) groups is 1. The fourth-order valence-electron chi connectivity index (χ4n) is 2.23. The van der Waals surface area contributed by atoms with Gasteiger partial charge < -0.3 is 9.47 Å². The van der Waals surface area contributed by atoms with E-state index in [1.807, 2.05) is 5.38 Å². The highest BCUT2D eigenvalue weighted by atomic mass is 32.1. The second kappa shape index (κ2) is 4.55. The summed E-state index contributed by atoms with van der Waals surface area (Å²) in [6, 6.07) is 3.52. The Morgan fingerprint density at radius 1 is 1.32 bits per heavy atom. The molecule has 1 amide bonds. The first kappa shape index (κ1) is 12.0. The van der Waals surface area contributed by atoms with Crippen molar-refractivity contribution in [1.29, 1.82) is 0 Å². The van der Waals surface area contributed by atoms with Crippen LogP contribution in [-0.2, 0) is 6.54 Å². The van der Waals surface area contributed by atoms with Gasteiger partial charge in [0.1, 0.15) is 0 Å². The first-order valence-electron chi connectivity index (χ1n) is 5.71. The summed E-state index contributed by atoms with van der Waals surface area (Å²) >= 11 is 1.44. The number of anilines is 1. The van der Waals surface area contributed by atoms with Crippen molar-refractivity contribution in [2.75, 3.05) is 19.1 Å². The van der Waals surface area contributed by atoms with Gasteiger partial charge in [-0.3, -0.25) is 9.69 Å². The summed E-state index contributed by atoms with van der Waals surface area (Å²) in [7, 11) is 3.16. The van der Waals surface area contributed by atoms with E-state index in [2.05, 4.69) is 4.98 Å². The van der Waals surface area contributed by atoms with Crippen LogP contribution in [0.5, 0.6) is 11.5 Å². The zero-order valence-corrected chi connectivity index (χ0v) is 11.4. The number of ether oxygens (including phenoxy) is 2. The molecule has 0 saturated heterocycles. The molecule has 98 valence electrons. The molecule has 0 radical (unpaired) electrons. The van der Waals surface area contributed by atoms with Crippen molar-refractivity contribution in [2.24, 2.45) is 0 Å². The van der Waals surface area contributed by atoms with E-state index >= 15 is 0 Å². The van der Waals surface area contributed by atoms with Crippen molar-refractivity contribution in [3.05, 3.63) is 34.8 Å². The van der Waals surface area contributed by atoms with Crippen LogP contribution in [0.25, 0.3) is 0 Å². The molecule has 0 fully saturated rings. The Bertz CT molecular complexity index is 625. The number of aromatic nitrogens is 1. The van der Waals surface area contributed by atoms with Gasteiger partial charge in [-0.15, -0.1) is 11.3 Å². The minimum Gasteiger partial charge on any atom is -0.493 e. The molecule has 1 aliphatic heterocycles. The lowest BCUT2D eigenvalue weighted by molar-refractivity contribution is 0.0996. The molecule has 2 heterocycles. The fourth-order valence-corrected chi connectivity index (χ4v) is 2.87. The van der Waals surface area contributed by atoms with E-state index in [1.54, 1.807) is 37.4 Å². The average molecular weight is 276 g/mol. The van der Waals surface area contributed by atoms with Crippen LogP contribution in [0.2, 0.25) is 0 Å². The molecule has 6 heteroatoms. The first-order valence-corrected chi connectivity index (χ1v) is 6.59. The first-order chi connectivity index (χ1) is 9.26. The molecule has 0 unspecified atom stereocenters. The van der Waals surface area contributed by atoms with Gasteiger partial charge in [0, 0.05) is 22.7 Å². The summed E-state index contributed by atoms with van der Waals surface area (Å²) in [5.74, 6) is 1.20. The van der Waals surface area contributed by atoms with Gasteiger partial charge in [-0.2, -0.15) is 0 Å². The zero-order valence-electron chi connectivity index (χ0n) is 10.5. The minimum absolute atomic E-state index is 0.0501. The molecule has 1 aromatic carbocycles. The highest BCUT2D eigenvalue weighted by Crippen LogP contribution is 2.39. The lowest BCUT2D eigenvalue weighted by Gasteiger charge is -2.12. The van der Waals surface area contributed by atoms with E-state index in [9.17, 15) is 4.79 Å². The van der Waals surface area contributed by atoms with E-state index in [-0.39, 0.29) is 5.91 Å². The molecule has 0 bridgehead atoms. The van der Waals surface area contributed by atoms with Crippen molar-refractivity contribution < 1.29 is 14.3 Å². The molecule has 0 atom stereocenters. The molecule has 2 aromatic rings. The maximum absolute atomic E-state index is 12.4. The number of amides is 1. The summed E-state index contributed by atoms with van der Waals surface area (Å²) in [5, 5.41) is 2.55. The van der Waals surface area contributed by atoms with E-state index in [0.717, 1.165) is 5.56 Å². The van der Waals surface area contributed by atoms with Crippen molar-refractivity contribution in [3.8, 4) is 11.5 Å². The largest absolute Gasteiger partial charge is 0.493 e. The Kier molecular flexibility index (Phi) is 2.87. The summed E-state index contributed by atoms with van der Waals surface area (Å²) in [5.41, 5.74) is 1.50. The van der Waals surface area contributed by atoms with E-state index in [4.69, 9.17) is 9.47 Å². The molecule has 0 aliphatic carbocycles.